The number of nitriles is 1. The highest BCUT2D eigenvalue weighted by Crippen LogP contribution is 2.09. The summed E-state index contributed by atoms with van der Waals surface area (Å²) in [6.07, 6.45) is 3.78. The van der Waals surface area contributed by atoms with E-state index in [1.807, 2.05) is 19.9 Å². The van der Waals surface area contributed by atoms with Gasteiger partial charge in [0.2, 0.25) is 0 Å². The number of esters is 1. The molecular formula is C13H15NO3. The number of carbonyl (C=O) groups excluding carboxylic acids is 1. The third kappa shape index (κ3) is 4.15. The molecule has 1 aromatic heterocycles. The Morgan fingerprint density at radius 2 is 2.47 bits per heavy atom. The van der Waals surface area contributed by atoms with Crippen LogP contribution in [0, 0.1) is 17.2 Å². The Morgan fingerprint density at radius 1 is 1.71 bits per heavy atom. The van der Waals surface area contributed by atoms with Gasteiger partial charge in [-0.25, -0.2) is 4.79 Å². The Morgan fingerprint density at radius 3 is 3.00 bits per heavy atom. The predicted molar refractivity (Wildman–Crippen MR) is 62.7 cm³/mol. The summed E-state index contributed by atoms with van der Waals surface area (Å²) >= 11 is 0. The number of carbonyl (C=O) groups is 1. The topological polar surface area (TPSA) is 63.2 Å². The minimum atomic E-state index is -0.607. The zero-order valence-electron chi connectivity index (χ0n) is 9.97. The van der Waals surface area contributed by atoms with Crippen molar-refractivity contribution in [3.63, 3.8) is 0 Å². The van der Waals surface area contributed by atoms with E-state index < -0.39 is 5.97 Å². The number of ether oxygens (including phenoxy) is 1. The van der Waals surface area contributed by atoms with Crippen molar-refractivity contribution in [1.29, 1.82) is 5.26 Å². The molecule has 17 heavy (non-hydrogen) atoms. The molecule has 0 aliphatic rings. The Balaban J connectivity index is 2.63. The number of hydrogen-bond donors (Lipinski definition) is 0. The van der Waals surface area contributed by atoms with Crippen LogP contribution in [0.2, 0.25) is 0 Å². The Hall–Kier alpha value is -2.02. The molecular weight excluding hydrogens is 218 g/mol. The second-order valence-corrected chi connectivity index (χ2v) is 3.80. The summed E-state index contributed by atoms with van der Waals surface area (Å²) in [5.41, 5.74) is -0.0525. The van der Waals surface area contributed by atoms with E-state index in [1.165, 1.54) is 12.3 Å². The molecule has 90 valence electrons. The Bertz CT molecular complexity index is 426. The number of furan rings is 1. The summed E-state index contributed by atoms with van der Waals surface area (Å²) in [7, 11) is 0. The highest BCUT2D eigenvalue weighted by molar-refractivity contribution is 5.97. The minimum Gasteiger partial charge on any atom is -0.465 e. The van der Waals surface area contributed by atoms with Gasteiger partial charge < -0.3 is 9.15 Å². The van der Waals surface area contributed by atoms with Crippen molar-refractivity contribution in [2.45, 2.75) is 20.3 Å². The van der Waals surface area contributed by atoms with Crippen LogP contribution in [-0.2, 0) is 9.53 Å². The molecule has 1 unspecified atom stereocenters. The second-order valence-electron chi connectivity index (χ2n) is 3.80. The van der Waals surface area contributed by atoms with E-state index in [0.29, 0.717) is 18.3 Å². The molecule has 0 N–H and O–H groups in total. The number of hydrogen-bond acceptors (Lipinski definition) is 4. The van der Waals surface area contributed by atoms with Crippen LogP contribution in [-0.4, -0.2) is 12.6 Å². The first-order valence-corrected chi connectivity index (χ1v) is 5.49. The third-order valence-corrected chi connectivity index (χ3v) is 2.37. The van der Waals surface area contributed by atoms with Crippen molar-refractivity contribution in [3.05, 3.63) is 29.7 Å². The summed E-state index contributed by atoms with van der Waals surface area (Å²) in [4.78, 5) is 11.6. The molecule has 0 spiro atoms. The van der Waals surface area contributed by atoms with Gasteiger partial charge in [0.1, 0.15) is 17.4 Å². The van der Waals surface area contributed by atoms with Gasteiger partial charge in [-0.1, -0.05) is 20.3 Å². The highest BCUT2D eigenvalue weighted by atomic mass is 16.5. The van der Waals surface area contributed by atoms with Crippen LogP contribution in [0.3, 0.4) is 0 Å². The normalized spacial score (nSPS) is 12.9. The van der Waals surface area contributed by atoms with Crippen molar-refractivity contribution >= 4 is 12.0 Å². The predicted octanol–water partition coefficient (Wildman–Crippen LogP) is 2.78. The fourth-order valence-corrected chi connectivity index (χ4v) is 1.07. The molecule has 0 aromatic carbocycles. The summed E-state index contributed by atoms with van der Waals surface area (Å²) in [5, 5.41) is 8.86. The zero-order valence-corrected chi connectivity index (χ0v) is 9.97. The molecule has 1 atom stereocenters. The third-order valence-electron chi connectivity index (χ3n) is 2.37. The maximum Gasteiger partial charge on any atom is 0.349 e. The smallest absolute Gasteiger partial charge is 0.349 e. The largest absolute Gasteiger partial charge is 0.465 e. The monoisotopic (exact) mass is 233 g/mol. The van der Waals surface area contributed by atoms with Crippen LogP contribution < -0.4 is 0 Å². The van der Waals surface area contributed by atoms with Gasteiger partial charge in [0, 0.05) is 6.08 Å². The first-order chi connectivity index (χ1) is 8.17. The lowest BCUT2D eigenvalue weighted by atomic mass is 10.1. The maximum absolute atomic E-state index is 11.6. The lowest BCUT2D eigenvalue weighted by Crippen LogP contribution is -2.12. The van der Waals surface area contributed by atoms with Gasteiger partial charge in [-0.05, 0) is 18.1 Å². The molecule has 1 aromatic rings. The van der Waals surface area contributed by atoms with Crippen LogP contribution in [0.15, 0.2) is 28.4 Å². The molecule has 0 radical (unpaired) electrons. The SMILES string of the molecule is CCC(C)COC(=O)/C(C#N)=C/c1ccco1. The first kappa shape index (κ1) is 13.0. The van der Waals surface area contributed by atoms with E-state index in [2.05, 4.69) is 0 Å². The second kappa shape index (κ2) is 6.54. The van der Waals surface area contributed by atoms with Crippen LogP contribution in [0.25, 0.3) is 6.08 Å². The molecule has 0 saturated carbocycles. The van der Waals surface area contributed by atoms with Crippen LogP contribution in [0.5, 0.6) is 0 Å². The van der Waals surface area contributed by atoms with E-state index in [4.69, 9.17) is 14.4 Å². The van der Waals surface area contributed by atoms with Crippen molar-refractivity contribution in [2.75, 3.05) is 6.61 Å². The standard InChI is InChI=1S/C13H15NO3/c1-3-10(2)9-17-13(15)11(8-14)7-12-5-4-6-16-12/h4-7,10H,3,9H2,1-2H3/b11-7+. The molecule has 4 nitrogen and oxygen atoms in total. The summed E-state index contributed by atoms with van der Waals surface area (Å²) < 4.78 is 10.1. The molecule has 0 aliphatic heterocycles. The lowest BCUT2D eigenvalue weighted by molar-refractivity contribution is -0.139. The molecule has 0 amide bonds. The average Bonchev–Trinajstić information content (AvgIpc) is 2.85. The van der Waals surface area contributed by atoms with E-state index in [-0.39, 0.29) is 5.57 Å². The van der Waals surface area contributed by atoms with Crippen LogP contribution in [0.4, 0.5) is 0 Å². The summed E-state index contributed by atoms with van der Waals surface area (Å²) in [6, 6.07) is 5.16. The van der Waals surface area contributed by atoms with Gasteiger partial charge in [0.05, 0.1) is 12.9 Å². The molecule has 0 aliphatic carbocycles. The number of rotatable bonds is 5. The van der Waals surface area contributed by atoms with E-state index in [1.54, 1.807) is 12.1 Å². The van der Waals surface area contributed by atoms with E-state index in [9.17, 15) is 4.79 Å². The Kier molecular flexibility index (Phi) is 5.02. The number of nitrogens with zero attached hydrogens (tertiary/aromatic N) is 1. The Labute approximate surface area is 100 Å². The average molecular weight is 233 g/mol. The first-order valence-electron chi connectivity index (χ1n) is 5.49. The van der Waals surface area contributed by atoms with Gasteiger partial charge in [0.15, 0.2) is 0 Å². The molecule has 0 bridgehead atoms. The van der Waals surface area contributed by atoms with E-state index >= 15 is 0 Å². The molecule has 4 heteroatoms. The molecule has 0 saturated heterocycles. The van der Waals surface area contributed by atoms with Crippen molar-refractivity contribution in [3.8, 4) is 6.07 Å². The van der Waals surface area contributed by atoms with Gasteiger partial charge in [0.25, 0.3) is 0 Å². The lowest BCUT2D eigenvalue weighted by Gasteiger charge is -2.08. The fraction of sp³-hybridized carbons (Fsp3) is 0.385. The van der Waals surface area contributed by atoms with Gasteiger partial charge in [-0.15, -0.1) is 0 Å². The quantitative estimate of drug-likeness (QED) is 0.445. The van der Waals surface area contributed by atoms with Crippen molar-refractivity contribution < 1.29 is 13.9 Å². The van der Waals surface area contributed by atoms with Gasteiger partial charge >= 0.3 is 5.97 Å². The van der Waals surface area contributed by atoms with Crippen LogP contribution >= 0.6 is 0 Å². The molecule has 1 heterocycles. The maximum atomic E-state index is 11.6. The summed E-state index contributed by atoms with van der Waals surface area (Å²) in [6.45, 7) is 4.32. The highest BCUT2D eigenvalue weighted by Gasteiger charge is 2.12. The molecule has 0 fully saturated rings. The van der Waals surface area contributed by atoms with Crippen molar-refractivity contribution in [2.24, 2.45) is 5.92 Å². The van der Waals surface area contributed by atoms with Crippen molar-refractivity contribution in [1.82, 2.24) is 0 Å². The fourth-order valence-electron chi connectivity index (χ4n) is 1.07. The summed E-state index contributed by atoms with van der Waals surface area (Å²) in [5.74, 6) is 0.147. The van der Waals surface area contributed by atoms with Gasteiger partial charge in [-0.3, -0.25) is 0 Å². The van der Waals surface area contributed by atoms with Crippen LogP contribution in [0.1, 0.15) is 26.0 Å². The molecule has 1 rings (SSSR count). The van der Waals surface area contributed by atoms with E-state index in [0.717, 1.165) is 6.42 Å². The minimum absolute atomic E-state index is 0.0525. The zero-order chi connectivity index (χ0) is 12.7. The van der Waals surface area contributed by atoms with Gasteiger partial charge in [-0.2, -0.15) is 5.26 Å².